The summed E-state index contributed by atoms with van der Waals surface area (Å²) >= 11 is 2.83. The first-order chi connectivity index (χ1) is 13.0. The number of ether oxygens (including phenoxy) is 1. The molecule has 2 saturated carbocycles. The van der Waals surface area contributed by atoms with E-state index in [1.54, 1.807) is 17.8 Å². The predicted molar refractivity (Wildman–Crippen MR) is 98.2 cm³/mol. The number of carbonyl (C=O) groups is 2. The second kappa shape index (κ2) is 5.26. The second-order valence-electron chi connectivity index (χ2n) is 7.76. The summed E-state index contributed by atoms with van der Waals surface area (Å²) in [6.45, 7) is 0. The lowest BCUT2D eigenvalue weighted by Gasteiger charge is -2.45. The maximum Gasteiger partial charge on any atom is 0.315 e. The minimum absolute atomic E-state index is 0.0233. The molecule has 3 heterocycles. The van der Waals surface area contributed by atoms with Gasteiger partial charge in [-0.1, -0.05) is 29.5 Å². The SMILES string of the molecule is O=C(O)[C@H]1[C@@H]2C[C@@H]3[C@@H]1C(=O)Oc1ccccc1[C@H]1c4sc(=O)[nH]c4S[C@@H]2[C@H]13. The maximum atomic E-state index is 12.9. The molecular weight excluding hydrogens is 386 g/mol. The zero-order chi connectivity index (χ0) is 18.4. The molecule has 7 atom stereocenters. The van der Waals surface area contributed by atoms with Crippen molar-refractivity contribution in [2.75, 3.05) is 0 Å². The van der Waals surface area contributed by atoms with Crippen molar-refractivity contribution in [3.05, 3.63) is 44.4 Å². The van der Waals surface area contributed by atoms with Gasteiger partial charge in [-0.3, -0.25) is 14.4 Å². The molecule has 1 aromatic carbocycles. The summed E-state index contributed by atoms with van der Waals surface area (Å²) in [7, 11) is 0. The lowest BCUT2D eigenvalue weighted by Crippen LogP contribution is -2.49. The molecule has 2 aliphatic carbocycles. The van der Waals surface area contributed by atoms with E-state index < -0.39 is 23.8 Å². The number of esters is 1. The number of carboxylic acid groups (broad SMARTS) is 1. The number of aromatic nitrogens is 1. The van der Waals surface area contributed by atoms with Crippen LogP contribution in [-0.4, -0.2) is 27.3 Å². The molecule has 4 aliphatic rings. The van der Waals surface area contributed by atoms with E-state index >= 15 is 0 Å². The summed E-state index contributed by atoms with van der Waals surface area (Å²) < 4.78 is 5.72. The third-order valence-electron chi connectivity index (χ3n) is 6.73. The molecule has 138 valence electrons. The Morgan fingerprint density at radius 1 is 1.22 bits per heavy atom. The van der Waals surface area contributed by atoms with Crippen LogP contribution in [0.3, 0.4) is 0 Å². The van der Waals surface area contributed by atoms with Crippen LogP contribution >= 0.6 is 23.1 Å². The smallest absolute Gasteiger partial charge is 0.315 e. The number of aliphatic carboxylic acids is 1. The first-order valence-electron chi connectivity index (χ1n) is 8.97. The first kappa shape index (κ1) is 15.9. The molecule has 2 aromatic rings. The number of benzene rings is 1. The van der Waals surface area contributed by atoms with E-state index in [4.69, 9.17) is 4.74 Å². The van der Waals surface area contributed by atoms with E-state index in [1.807, 2.05) is 18.2 Å². The Kier molecular flexibility index (Phi) is 3.11. The van der Waals surface area contributed by atoms with Gasteiger partial charge in [0.15, 0.2) is 0 Å². The van der Waals surface area contributed by atoms with Crippen LogP contribution in [0.4, 0.5) is 0 Å². The maximum absolute atomic E-state index is 12.9. The number of hydrogen-bond donors (Lipinski definition) is 2. The van der Waals surface area contributed by atoms with Crippen LogP contribution in [0, 0.1) is 29.6 Å². The molecule has 2 N–H and O–H groups in total. The van der Waals surface area contributed by atoms with Crippen LogP contribution in [0.15, 0.2) is 34.1 Å². The highest BCUT2D eigenvalue weighted by Crippen LogP contribution is 2.68. The molecule has 8 heteroatoms. The Bertz CT molecular complexity index is 1060. The van der Waals surface area contributed by atoms with Crippen molar-refractivity contribution >= 4 is 35.0 Å². The lowest BCUT2D eigenvalue weighted by molar-refractivity contribution is -0.156. The van der Waals surface area contributed by atoms with Crippen LogP contribution in [0.5, 0.6) is 5.75 Å². The van der Waals surface area contributed by atoms with Crippen molar-refractivity contribution in [3.8, 4) is 5.75 Å². The molecule has 2 bridgehead atoms. The van der Waals surface area contributed by atoms with Crippen molar-refractivity contribution in [1.29, 1.82) is 0 Å². The minimum Gasteiger partial charge on any atom is -0.481 e. The summed E-state index contributed by atoms with van der Waals surface area (Å²) in [6.07, 6.45) is 0.733. The van der Waals surface area contributed by atoms with Gasteiger partial charge in [-0.2, -0.15) is 0 Å². The molecule has 0 spiro atoms. The van der Waals surface area contributed by atoms with Crippen LogP contribution in [0.1, 0.15) is 22.8 Å². The van der Waals surface area contributed by atoms with E-state index in [-0.39, 0.29) is 33.8 Å². The van der Waals surface area contributed by atoms with Gasteiger partial charge in [0.2, 0.25) is 0 Å². The summed E-state index contributed by atoms with van der Waals surface area (Å²) in [5.74, 6) is -2.16. The molecule has 6 nitrogen and oxygen atoms in total. The van der Waals surface area contributed by atoms with Crippen LogP contribution in [0.2, 0.25) is 0 Å². The Hall–Kier alpha value is -2.06. The normalized spacial score (nSPS) is 37.8. The van der Waals surface area contributed by atoms with Gasteiger partial charge >= 0.3 is 16.8 Å². The fourth-order valence-electron chi connectivity index (χ4n) is 5.95. The molecular formula is C19H15NO5S2. The van der Waals surface area contributed by atoms with Gasteiger partial charge in [0.05, 0.1) is 16.9 Å². The summed E-state index contributed by atoms with van der Waals surface area (Å²) in [5.41, 5.74) is 0.926. The summed E-state index contributed by atoms with van der Waals surface area (Å²) in [4.78, 5) is 40.9. The zero-order valence-electron chi connectivity index (χ0n) is 14.0. The summed E-state index contributed by atoms with van der Waals surface area (Å²) in [5, 5.41) is 10.8. The van der Waals surface area contributed by atoms with Crippen LogP contribution < -0.4 is 9.61 Å². The van der Waals surface area contributed by atoms with Gasteiger partial charge in [0.25, 0.3) is 0 Å². The summed E-state index contributed by atoms with van der Waals surface area (Å²) in [6, 6.07) is 7.47. The number of H-pyrrole nitrogens is 1. The number of rotatable bonds is 1. The van der Waals surface area contributed by atoms with Gasteiger partial charge in [-0.05, 0) is 30.2 Å². The van der Waals surface area contributed by atoms with E-state index in [1.165, 1.54) is 11.3 Å². The molecule has 27 heavy (non-hydrogen) atoms. The second-order valence-corrected chi connectivity index (χ2v) is 9.96. The standard InChI is InChI=1S/C19H15NO5S2/c21-17(22)12-8-5-7-11-10(15-16(26-14(8)11)20-19(24)27-15)6-3-1-2-4-9(6)25-18(23)13(7)12/h1-4,7-8,10-14H,5H2,(H,20,24)(H,21,22)/t7-,8-,10+,11-,12-,13-,14-/m0/s1. The largest absolute Gasteiger partial charge is 0.481 e. The third kappa shape index (κ3) is 1.95. The molecule has 2 fully saturated rings. The van der Waals surface area contributed by atoms with E-state index in [2.05, 4.69) is 4.98 Å². The lowest BCUT2D eigenvalue weighted by atomic mass is 9.66. The van der Waals surface area contributed by atoms with Gasteiger partial charge < -0.3 is 14.8 Å². The van der Waals surface area contributed by atoms with Crippen molar-refractivity contribution in [1.82, 2.24) is 4.98 Å². The highest BCUT2D eigenvalue weighted by molar-refractivity contribution is 8.00. The Morgan fingerprint density at radius 3 is 2.85 bits per heavy atom. The average Bonchev–Trinajstić information content (AvgIpc) is 3.29. The van der Waals surface area contributed by atoms with E-state index in [0.717, 1.165) is 21.9 Å². The van der Waals surface area contributed by atoms with E-state index in [0.29, 0.717) is 5.75 Å². The van der Waals surface area contributed by atoms with Crippen LogP contribution in [0.25, 0.3) is 0 Å². The van der Waals surface area contributed by atoms with Gasteiger partial charge in [0.1, 0.15) is 5.75 Å². The van der Waals surface area contributed by atoms with Gasteiger partial charge in [0, 0.05) is 21.6 Å². The highest BCUT2D eigenvalue weighted by Gasteiger charge is 2.67. The number of para-hydroxylation sites is 1. The average molecular weight is 401 g/mol. The van der Waals surface area contributed by atoms with Crippen molar-refractivity contribution < 1.29 is 19.4 Å². The number of hydrogen-bond acceptors (Lipinski definition) is 6. The fourth-order valence-corrected chi connectivity index (χ4v) is 8.83. The van der Waals surface area contributed by atoms with Crippen molar-refractivity contribution in [3.63, 3.8) is 0 Å². The number of carboxylic acids is 1. The molecule has 0 saturated heterocycles. The number of thioether (sulfide) groups is 1. The number of aromatic amines is 1. The number of carbonyl (C=O) groups excluding carboxylic acids is 1. The Balaban J connectivity index is 1.64. The molecule has 0 radical (unpaired) electrons. The molecule has 1 aromatic heterocycles. The Labute approximate surface area is 161 Å². The quantitative estimate of drug-likeness (QED) is 0.563. The van der Waals surface area contributed by atoms with Crippen molar-refractivity contribution in [2.45, 2.75) is 22.6 Å². The number of fused-ring (bicyclic) bond motifs is 6. The van der Waals surface area contributed by atoms with Crippen LogP contribution in [-0.2, 0) is 9.59 Å². The molecule has 0 unspecified atom stereocenters. The topological polar surface area (TPSA) is 96.5 Å². The minimum atomic E-state index is -0.918. The fraction of sp³-hybridized carbons (Fsp3) is 0.421. The predicted octanol–water partition coefficient (Wildman–Crippen LogP) is 2.54. The molecule has 0 amide bonds. The highest BCUT2D eigenvalue weighted by atomic mass is 32.2. The monoisotopic (exact) mass is 401 g/mol. The number of thiazole rings is 1. The van der Waals surface area contributed by atoms with Crippen molar-refractivity contribution in [2.24, 2.45) is 29.6 Å². The molecule has 6 rings (SSSR count). The zero-order valence-corrected chi connectivity index (χ0v) is 15.6. The molecule has 2 aliphatic heterocycles. The first-order valence-corrected chi connectivity index (χ1v) is 10.7. The van der Waals surface area contributed by atoms with E-state index in [9.17, 15) is 19.5 Å². The number of nitrogens with one attached hydrogen (secondary N) is 1. The van der Waals surface area contributed by atoms with Gasteiger partial charge in [-0.25, -0.2) is 0 Å². The van der Waals surface area contributed by atoms with Gasteiger partial charge in [-0.15, -0.1) is 11.8 Å². The third-order valence-corrected chi connectivity index (χ3v) is 9.32. The Morgan fingerprint density at radius 2 is 2.04 bits per heavy atom.